The molecule has 3 aromatic rings. The normalized spacial score (nSPS) is 11.5. The Morgan fingerprint density at radius 3 is 2.07 bits per heavy atom. The number of likely N-dealkylation sites (N-methyl/N-ethyl adjacent to an activating group) is 1. The average Bonchev–Trinajstić information content (AvgIpc) is 2.78. The minimum absolute atomic E-state index is 0.0421. The molecular formula is C24H24N2O2S. The molecule has 0 spiro atoms. The Balaban J connectivity index is 1.77. The molecule has 5 heteroatoms. The number of carbonyl (C=O) groups excluding carboxylic acids is 2. The molecule has 0 radical (unpaired) electrons. The summed E-state index contributed by atoms with van der Waals surface area (Å²) in [4.78, 5) is 27.8. The number of thioether (sulfide) groups is 1. The summed E-state index contributed by atoms with van der Waals surface area (Å²) < 4.78 is 0. The molecule has 0 aliphatic rings. The van der Waals surface area contributed by atoms with Gasteiger partial charge in [-0.25, -0.2) is 0 Å². The van der Waals surface area contributed by atoms with E-state index < -0.39 is 0 Å². The second-order valence-electron chi connectivity index (χ2n) is 6.69. The summed E-state index contributed by atoms with van der Waals surface area (Å²) in [5, 5.41) is 2.28. The molecule has 1 unspecified atom stereocenters. The third kappa shape index (κ3) is 5.48. The van der Waals surface area contributed by atoms with Gasteiger partial charge in [0.05, 0.1) is 0 Å². The molecule has 0 aromatic heterocycles. The summed E-state index contributed by atoms with van der Waals surface area (Å²) in [6.07, 6.45) is 0. The van der Waals surface area contributed by atoms with Crippen molar-refractivity contribution in [1.82, 2.24) is 10.2 Å². The maximum atomic E-state index is 13.3. The van der Waals surface area contributed by atoms with Gasteiger partial charge in [-0.05, 0) is 35.4 Å². The van der Waals surface area contributed by atoms with E-state index >= 15 is 0 Å². The van der Waals surface area contributed by atoms with E-state index in [1.807, 2.05) is 79.8 Å². The van der Waals surface area contributed by atoms with Crippen LogP contribution in [-0.4, -0.2) is 30.8 Å². The number of benzene rings is 3. The van der Waals surface area contributed by atoms with E-state index in [9.17, 15) is 9.59 Å². The van der Waals surface area contributed by atoms with Gasteiger partial charge in [0.2, 0.25) is 5.91 Å². The highest BCUT2D eigenvalue weighted by Gasteiger charge is 2.25. The van der Waals surface area contributed by atoms with Crippen LogP contribution in [0.5, 0.6) is 0 Å². The predicted octanol–water partition coefficient (Wildman–Crippen LogP) is 4.54. The average molecular weight is 405 g/mol. The minimum Gasteiger partial charge on any atom is -0.355 e. The number of nitrogens with one attached hydrogen (secondary N) is 1. The molecule has 0 heterocycles. The van der Waals surface area contributed by atoms with Crippen LogP contribution in [-0.2, 0) is 11.3 Å². The van der Waals surface area contributed by atoms with Crippen molar-refractivity contribution in [3.8, 4) is 0 Å². The topological polar surface area (TPSA) is 49.4 Å². The monoisotopic (exact) mass is 404 g/mol. The molecule has 0 fully saturated rings. The fourth-order valence-electron chi connectivity index (χ4n) is 2.98. The van der Waals surface area contributed by atoms with Crippen LogP contribution in [0.3, 0.4) is 0 Å². The molecule has 0 bridgehead atoms. The summed E-state index contributed by atoms with van der Waals surface area (Å²) in [5.74, 6) is -0.0789. The summed E-state index contributed by atoms with van der Waals surface area (Å²) in [7, 11) is 3.42. The molecule has 148 valence electrons. The van der Waals surface area contributed by atoms with Crippen molar-refractivity contribution >= 4 is 23.6 Å². The molecule has 0 aliphatic carbocycles. The van der Waals surface area contributed by atoms with Gasteiger partial charge in [0.25, 0.3) is 5.91 Å². The first kappa shape index (κ1) is 20.7. The van der Waals surface area contributed by atoms with Crippen molar-refractivity contribution in [2.24, 2.45) is 0 Å². The molecule has 0 saturated heterocycles. The number of carbonyl (C=O) groups is 2. The molecular weight excluding hydrogens is 380 g/mol. The first-order valence-electron chi connectivity index (χ1n) is 9.41. The highest BCUT2D eigenvalue weighted by Crippen LogP contribution is 2.36. The summed E-state index contributed by atoms with van der Waals surface area (Å²) >= 11 is 1.55. The first-order valence-corrected chi connectivity index (χ1v) is 10.3. The van der Waals surface area contributed by atoms with Crippen molar-refractivity contribution in [1.29, 1.82) is 0 Å². The van der Waals surface area contributed by atoms with E-state index in [2.05, 4.69) is 5.32 Å². The smallest absolute Gasteiger partial charge is 0.251 e. The van der Waals surface area contributed by atoms with Crippen molar-refractivity contribution in [3.05, 3.63) is 102 Å². The third-order valence-electron chi connectivity index (χ3n) is 4.56. The van der Waals surface area contributed by atoms with Gasteiger partial charge >= 0.3 is 0 Å². The van der Waals surface area contributed by atoms with Crippen LogP contribution in [0.25, 0.3) is 0 Å². The lowest BCUT2D eigenvalue weighted by atomic mass is 10.1. The van der Waals surface area contributed by atoms with E-state index in [0.29, 0.717) is 12.1 Å². The molecule has 1 atom stereocenters. The second kappa shape index (κ2) is 9.94. The van der Waals surface area contributed by atoms with Gasteiger partial charge in [-0.2, -0.15) is 0 Å². The first-order chi connectivity index (χ1) is 14.1. The minimum atomic E-state index is -0.325. The van der Waals surface area contributed by atoms with Gasteiger partial charge in [0, 0.05) is 31.1 Å². The lowest BCUT2D eigenvalue weighted by molar-refractivity contribution is -0.129. The number of amides is 2. The fourth-order valence-corrected chi connectivity index (χ4v) is 4.14. The quantitative estimate of drug-likeness (QED) is 0.588. The molecule has 1 N–H and O–H groups in total. The number of nitrogens with zero attached hydrogens (tertiary/aromatic N) is 1. The maximum absolute atomic E-state index is 13.3. The Hall–Kier alpha value is -3.05. The molecule has 4 nitrogen and oxygen atoms in total. The molecule has 0 aliphatic heterocycles. The summed E-state index contributed by atoms with van der Waals surface area (Å²) in [6.45, 7) is 0.478. The molecule has 2 amide bonds. The standard InChI is InChI=1S/C24H24N2O2S/c1-25-23(27)20-15-13-18(14-16-20)17-26(2)24(28)22(19-9-5-3-6-10-19)29-21-11-7-4-8-12-21/h3-16,22H,17H2,1-2H3,(H,25,27). The zero-order chi connectivity index (χ0) is 20.6. The number of hydrogen-bond acceptors (Lipinski definition) is 3. The van der Waals surface area contributed by atoms with E-state index in [1.165, 1.54) is 0 Å². The van der Waals surface area contributed by atoms with Crippen LogP contribution < -0.4 is 5.32 Å². The van der Waals surface area contributed by atoms with Crippen LogP contribution in [0, 0.1) is 0 Å². The van der Waals surface area contributed by atoms with Crippen molar-refractivity contribution < 1.29 is 9.59 Å². The van der Waals surface area contributed by atoms with Crippen LogP contribution >= 0.6 is 11.8 Å². The van der Waals surface area contributed by atoms with E-state index in [0.717, 1.165) is 16.0 Å². The van der Waals surface area contributed by atoms with Gasteiger partial charge < -0.3 is 10.2 Å². The van der Waals surface area contributed by atoms with Crippen molar-refractivity contribution in [3.63, 3.8) is 0 Å². The van der Waals surface area contributed by atoms with Crippen molar-refractivity contribution in [2.45, 2.75) is 16.7 Å². The van der Waals surface area contributed by atoms with Crippen LogP contribution in [0.15, 0.2) is 89.8 Å². The van der Waals surface area contributed by atoms with E-state index in [4.69, 9.17) is 0 Å². The molecule has 3 rings (SSSR count). The number of hydrogen-bond donors (Lipinski definition) is 1. The number of rotatable bonds is 7. The lowest BCUT2D eigenvalue weighted by Crippen LogP contribution is -2.30. The fraction of sp³-hybridized carbons (Fsp3) is 0.167. The van der Waals surface area contributed by atoms with Crippen LogP contribution in [0.4, 0.5) is 0 Å². The highest BCUT2D eigenvalue weighted by molar-refractivity contribution is 8.00. The summed E-state index contributed by atoms with van der Waals surface area (Å²) in [5.41, 5.74) is 2.56. The van der Waals surface area contributed by atoms with E-state index in [-0.39, 0.29) is 17.1 Å². The zero-order valence-corrected chi connectivity index (χ0v) is 17.4. The van der Waals surface area contributed by atoms with Gasteiger partial charge in [0.15, 0.2) is 0 Å². The molecule has 3 aromatic carbocycles. The summed E-state index contributed by atoms with van der Waals surface area (Å²) in [6, 6.07) is 27.1. The highest BCUT2D eigenvalue weighted by atomic mass is 32.2. The Bertz CT molecular complexity index is 944. The second-order valence-corrected chi connectivity index (χ2v) is 7.87. The SMILES string of the molecule is CNC(=O)c1ccc(CN(C)C(=O)C(Sc2ccccc2)c2ccccc2)cc1. The predicted molar refractivity (Wildman–Crippen MR) is 118 cm³/mol. The molecule has 0 saturated carbocycles. The van der Waals surface area contributed by atoms with Gasteiger partial charge in [-0.15, -0.1) is 11.8 Å². The zero-order valence-electron chi connectivity index (χ0n) is 16.5. The Kier molecular flexibility index (Phi) is 7.09. The van der Waals surface area contributed by atoms with Gasteiger partial charge in [-0.1, -0.05) is 60.7 Å². The third-order valence-corrected chi connectivity index (χ3v) is 5.82. The van der Waals surface area contributed by atoms with Crippen molar-refractivity contribution in [2.75, 3.05) is 14.1 Å². The Morgan fingerprint density at radius 2 is 1.48 bits per heavy atom. The van der Waals surface area contributed by atoms with Crippen LogP contribution in [0.2, 0.25) is 0 Å². The van der Waals surface area contributed by atoms with Crippen LogP contribution in [0.1, 0.15) is 26.7 Å². The molecule has 29 heavy (non-hydrogen) atoms. The van der Waals surface area contributed by atoms with Gasteiger partial charge in [-0.3, -0.25) is 9.59 Å². The lowest BCUT2D eigenvalue weighted by Gasteiger charge is -2.24. The Morgan fingerprint density at radius 1 is 0.897 bits per heavy atom. The largest absolute Gasteiger partial charge is 0.355 e. The van der Waals surface area contributed by atoms with E-state index in [1.54, 1.807) is 35.8 Å². The van der Waals surface area contributed by atoms with Gasteiger partial charge in [0.1, 0.15) is 5.25 Å². The maximum Gasteiger partial charge on any atom is 0.251 e. The Labute approximate surface area is 175 Å².